The molecule has 2 rings (SSSR count). The van der Waals surface area contributed by atoms with E-state index in [0.717, 1.165) is 0 Å². The number of halogens is 1. The number of alkyl halides is 1. The molecular formula is C12H16ClNO4S. The lowest BCUT2D eigenvalue weighted by Gasteiger charge is -2.41. The molecule has 1 heterocycles. The Morgan fingerprint density at radius 1 is 1.53 bits per heavy atom. The molecule has 0 N–H and O–H groups in total. The van der Waals surface area contributed by atoms with E-state index in [1.54, 1.807) is 23.3 Å². The number of amides is 1. The van der Waals surface area contributed by atoms with Gasteiger partial charge in [0.1, 0.15) is 21.5 Å². The summed E-state index contributed by atoms with van der Waals surface area (Å²) in [4.78, 5) is 13.4. The molecule has 1 aliphatic rings. The Morgan fingerprint density at radius 3 is 2.68 bits per heavy atom. The second-order valence-corrected chi connectivity index (χ2v) is 7.40. The first-order valence-electron chi connectivity index (χ1n) is 5.98. The van der Waals surface area contributed by atoms with E-state index in [0.29, 0.717) is 25.1 Å². The van der Waals surface area contributed by atoms with Crippen LogP contribution in [0.4, 0.5) is 0 Å². The summed E-state index contributed by atoms with van der Waals surface area (Å²) >= 11 is 5.60. The van der Waals surface area contributed by atoms with Crippen molar-refractivity contribution in [1.82, 2.24) is 4.90 Å². The normalized spacial score (nSPS) is 22.8. The van der Waals surface area contributed by atoms with Crippen LogP contribution in [-0.4, -0.2) is 42.7 Å². The van der Waals surface area contributed by atoms with E-state index < -0.39 is 9.84 Å². The van der Waals surface area contributed by atoms with Crippen LogP contribution in [-0.2, 0) is 21.2 Å². The van der Waals surface area contributed by atoms with E-state index in [9.17, 15) is 13.2 Å². The number of carbonyl (C=O) groups is 1. The van der Waals surface area contributed by atoms with Crippen molar-refractivity contribution in [3.63, 3.8) is 0 Å². The Balaban J connectivity index is 2.02. The molecule has 0 saturated heterocycles. The van der Waals surface area contributed by atoms with Crippen LogP contribution in [0, 0.1) is 0 Å². The van der Waals surface area contributed by atoms with Crippen LogP contribution >= 0.6 is 11.6 Å². The fourth-order valence-electron chi connectivity index (χ4n) is 2.21. The van der Waals surface area contributed by atoms with Gasteiger partial charge in [-0.1, -0.05) is 0 Å². The van der Waals surface area contributed by atoms with Crippen LogP contribution in [0.3, 0.4) is 0 Å². The second-order valence-electron chi connectivity index (χ2n) is 4.81. The molecule has 0 bridgehead atoms. The van der Waals surface area contributed by atoms with Crippen molar-refractivity contribution < 1.29 is 17.6 Å². The van der Waals surface area contributed by atoms with Crippen molar-refractivity contribution >= 4 is 27.3 Å². The minimum atomic E-state index is -3.02. The molecule has 1 amide bonds. The van der Waals surface area contributed by atoms with Crippen molar-refractivity contribution in [1.29, 1.82) is 0 Å². The first-order valence-corrected chi connectivity index (χ1v) is 8.47. The van der Waals surface area contributed by atoms with Crippen molar-refractivity contribution in [2.45, 2.75) is 30.7 Å². The van der Waals surface area contributed by atoms with Gasteiger partial charge in [-0.2, -0.15) is 0 Å². The highest BCUT2D eigenvalue weighted by atomic mass is 35.5. The highest BCUT2D eigenvalue weighted by molar-refractivity contribution is 7.91. The lowest BCUT2D eigenvalue weighted by molar-refractivity contribution is -0.133. The monoisotopic (exact) mass is 305 g/mol. The molecule has 7 heteroatoms. The highest BCUT2D eigenvalue weighted by Crippen LogP contribution is 2.32. The SMILES string of the molecule is CS(=O)(=O)C1CC(N(Cc2ccco2)C(=O)CCl)C1. The van der Waals surface area contributed by atoms with Crippen molar-refractivity contribution in [3.05, 3.63) is 24.2 Å². The smallest absolute Gasteiger partial charge is 0.238 e. The summed E-state index contributed by atoms with van der Waals surface area (Å²) in [5.41, 5.74) is 0. The zero-order valence-electron chi connectivity index (χ0n) is 10.6. The Labute approximate surface area is 117 Å². The molecule has 1 fully saturated rings. The van der Waals surface area contributed by atoms with Gasteiger partial charge < -0.3 is 9.32 Å². The first kappa shape index (κ1) is 14.4. The van der Waals surface area contributed by atoms with E-state index >= 15 is 0 Å². The lowest BCUT2D eigenvalue weighted by Crippen LogP contribution is -2.52. The van der Waals surface area contributed by atoms with Gasteiger partial charge in [0.25, 0.3) is 0 Å². The highest BCUT2D eigenvalue weighted by Gasteiger charge is 2.41. The number of hydrogen-bond acceptors (Lipinski definition) is 4. The van der Waals surface area contributed by atoms with Crippen LogP contribution in [0.5, 0.6) is 0 Å². The molecule has 0 unspecified atom stereocenters. The van der Waals surface area contributed by atoms with Gasteiger partial charge in [0.05, 0.1) is 18.1 Å². The summed E-state index contributed by atoms with van der Waals surface area (Å²) in [7, 11) is -3.02. The van der Waals surface area contributed by atoms with Gasteiger partial charge in [-0.15, -0.1) is 11.6 Å². The third-order valence-electron chi connectivity index (χ3n) is 3.46. The van der Waals surface area contributed by atoms with E-state index in [2.05, 4.69) is 0 Å². The zero-order valence-corrected chi connectivity index (χ0v) is 12.2. The molecule has 0 aromatic carbocycles. The minimum Gasteiger partial charge on any atom is -0.467 e. The predicted molar refractivity (Wildman–Crippen MR) is 71.6 cm³/mol. The summed E-state index contributed by atoms with van der Waals surface area (Å²) in [5, 5.41) is -0.347. The number of hydrogen-bond donors (Lipinski definition) is 0. The summed E-state index contributed by atoms with van der Waals surface area (Å²) in [6.45, 7) is 0.333. The molecule has 106 valence electrons. The maximum absolute atomic E-state index is 11.8. The maximum atomic E-state index is 11.8. The molecule has 19 heavy (non-hydrogen) atoms. The van der Waals surface area contributed by atoms with Gasteiger partial charge >= 0.3 is 0 Å². The summed E-state index contributed by atoms with van der Waals surface area (Å²) in [5.74, 6) is 0.358. The maximum Gasteiger partial charge on any atom is 0.238 e. The predicted octanol–water partition coefficient (Wildman–Crippen LogP) is 1.42. The number of carbonyl (C=O) groups excluding carboxylic acids is 1. The van der Waals surface area contributed by atoms with Gasteiger partial charge in [0, 0.05) is 12.3 Å². The minimum absolute atomic E-state index is 0.0731. The van der Waals surface area contributed by atoms with E-state index in [4.69, 9.17) is 16.0 Å². The van der Waals surface area contributed by atoms with Crippen molar-refractivity contribution in [2.24, 2.45) is 0 Å². The van der Waals surface area contributed by atoms with Gasteiger partial charge in [0.2, 0.25) is 5.91 Å². The standard InChI is InChI=1S/C12H16ClNO4S/c1-19(16,17)11-5-9(6-11)14(12(15)7-13)8-10-3-2-4-18-10/h2-4,9,11H,5-8H2,1H3. The topological polar surface area (TPSA) is 67.6 Å². The Hall–Kier alpha value is -1.01. The fourth-order valence-corrected chi connectivity index (χ4v) is 3.51. The third kappa shape index (κ3) is 3.30. The molecule has 5 nitrogen and oxygen atoms in total. The average molecular weight is 306 g/mol. The summed E-state index contributed by atoms with van der Waals surface area (Å²) in [6, 6.07) is 3.45. The molecule has 0 radical (unpaired) electrons. The van der Waals surface area contributed by atoms with Gasteiger partial charge in [-0.05, 0) is 25.0 Å². The zero-order chi connectivity index (χ0) is 14.0. The molecule has 1 aromatic heterocycles. The Morgan fingerprint density at radius 2 is 2.21 bits per heavy atom. The number of sulfone groups is 1. The van der Waals surface area contributed by atoms with Crippen LogP contribution in [0.25, 0.3) is 0 Å². The fraction of sp³-hybridized carbons (Fsp3) is 0.583. The van der Waals surface area contributed by atoms with Crippen LogP contribution in [0.2, 0.25) is 0 Å². The number of rotatable bonds is 5. The largest absolute Gasteiger partial charge is 0.467 e. The van der Waals surface area contributed by atoms with Gasteiger partial charge in [-0.3, -0.25) is 4.79 Å². The van der Waals surface area contributed by atoms with Crippen LogP contribution in [0.15, 0.2) is 22.8 Å². The van der Waals surface area contributed by atoms with Crippen LogP contribution in [0.1, 0.15) is 18.6 Å². The molecule has 1 aliphatic carbocycles. The summed E-state index contributed by atoms with van der Waals surface area (Å²) < 4.78 is 28.0. The lowest BCUT2D eigenvalue weighted by atomic mass is 9.90. The Bertz CT molecular complexity index is 534. The third-order valence-corrected chi connectivity index (χ3v) is 5.28. The molecule has 0 aliphatic heterocycles. The van der Waals surface area contributed by atoms with Crippen LogP contribution < -0.4 is 0 Å². The Kier molecular flexibility index (Phi) is 4.20. The molecule has 1 aromatic rings. The number of nitrogens with zero attached hydrogens (tertiary/aromatic N) is 1. The van der Waals surface area contributed by atoms with E-state index in [1.165, 1.54) is 6.26 Å². The number of furan rings is 1. The molecule has 0 spiro atoms. The second kappa shape index (κ2) is 5.54. The molecular weight excluding hydrogens is 290 g/mol. The quantitative estimate of drug-likeness (QED) is 0.772. The van der Waals surface area contributed by atoms with Crippen molar-refractivity contribution in [3.8, 4) is 0 Å². The van der Waals surface area contributed by atoms with Gasteiger partial charge in [-0.25, -0.2) is 8.42 Å². The summed E-state index contributed by atoms with van der Waals surface area (Å²) in [6.07, 6.45) is 3.72. The van der Waals surface area contributed by atoms with Crippen molar-refractivity contribution in [2.75, 3.05) is 12.1 Å². The van der Waals surface area contributed by atoms with Gasteiger partial charge in [0.15, 0.2) is 0 Å². The molecule has 1 saturated carbocycles. The first-order chi connectivity index (χ1) is 8.91. The molecule has 0 atom stereocenters. The van der Waals surface area contributed by atoms with E-state index in [-0.39, 0.29) is 23.1 Å². The average Bonchev–Trinajstić information content (AvgIpc) is 2.75. The van der Waals surface area contributed by atoms with E-state index in [1.807, 2.05) is 0 Å².